The van der Waals surface area contributed by atoms with E-state index in [0.717, 1.165) is 11.2 Å². The molecule has 0 N–H and O–H groups in total. The van der Waals surface area contributed by atoms with Crippen LogP contribution in [0.5, 0.6) is 5.75 Å². The summed E-state index contributed by atoms with van der Waals surface area (Å²) in [6, 6.07) is 26.0. The summed E-state index contributed by atoms with van der Waals surface area (Å²) in [5, 5.41) is 18.9. The van der Waals surface area contributed by atoms with Crippen molar-refractivity contribution in [3.63, 3.8) is 0 Å². The van der Waals surface area contributed by atoms with Crippen LogP contribution < -0.4 is 10.3 Å². The van der Waals surface area contributed by atoms with E-state index >= 15 is 0 Å². The number of nitrogens with zero attached hydrogens (tertiary/aromatic N) is 5. The maximum Gasteiger partial charge on any atom is 0.267 e. The van der Waals surface area contributed by atoms with Crippen LogP contribution >= 0.6 is 11.8 Å². The van der Waals surface area contributed by atoms with Crippen LogP contribution in [0.15, 0.2) is 88.8 Å². The molecule has 0 aliphatic rings. The molecule has 8 heteroatoms. The maximum atomic E-state index is 13.3. The van der Waals surface area contributed by atoms with Crippen molar-refractivity contribution < 1.29 is 4.74 Å². The molecular formula is C24H17N5O2S. The third kappa shape index (κ3) is 3.59. The monoisotopic (exact) mass is 439 g/mol. The van der Waals surface area contributed by atoms with Crippen LogP contribution in [0.25, 0.3) is 22.4 Å². The average Bonchev–Trinajstić information content (AvgIpc) is 3.27. The quantitative estimate of drug-likeness (QED) is 0.293. The lowest BCUT2D eigenvalue weighted by molar-refractivity contribution is 0.344. The van der Waals surface area contributed by atoms with Crippen LogP contribution in [-0.2, 0) is 0 Å². The molecule has 0 aliphatic carbocycles. The summed E-state index contributed by atoms with van der Waals surface area (Å²) in [7, 11) is 0. The van der Waals surface area contributed by atoms with Gasteiger partial charge in [-0.1, -0.05) is 42.1 Å². The lowest BCUT2D eigenvalue weighted by atomic mass is 10.2. The highest BCUT2D eigenvalue weighted by Gasteiger charge is 2.17. The molecule has 0 unspecified atom stereocenters. The van der Waals surface area contributed by atoms with Gasteiger partial charge in [0.15, 0.2) is 5.16 Å². The van der Waals surface area contributed by atoms with E-state index in [1.54, 1.807) is 28.8 Å². The lowest BCUT2D eigenvalue weighted by Crippen LogP contribution is -2.21. The van der Waals surface area contributed by atoms with Gasteiger partial charge in [-0.2, -0.15) is 5.26 Å². The zero-order chi connectivity index (χ0) is 21.9. The van der Waals surface area contributed by atoms with Crippen molar-refractivity contribution in [2.75, 3.05) is 12.4 Å². The third-order valence-electron chi connectivity index (χ3n) is 4.98. The first-order valence-electron chi connectivity index (χ1n) is 9.96. The molecule has 0 amide bonds. The van der Waals surface area contributed by atoms with Crippen molar-refractivity contribution in [1.82, 2.24) is 19.2 Å². The molecule has 2 heterocycles. The van der Waals surface area contributed by atoms with Crippen LogP contribution in [0.2, 0.25) is 0 Å². The Balaban J connectivity index is 1.47. The molecule has 0 spiro atoms. The van der Waals surface area contributed by atoms with Crippen LogP contribution in [0.1, 0.15) is 5.56 Å². The molecule has 2 aromatic heterocycles. The van der Waals surface area contributed by atoms with Gasteiger partial charge in [-0.15, -0.1) is 10.2 Å². The standard InChI is InChI=1S/C24H17N5O2S/c25-16-17-10-12-19(13-11-17)31-14-15-32-24-27-26-23-28(18-6-2-1-3-7-18)22(30)20-8-4-5-9-21(20)29(23)24/h1-13H,14-15H2. The van der Waals surface area contributed by atoms with E-state index in [9.17, 15) is 4.79 Å². The topological polar surface area (TPSA) is 85.2 Å². The normalized spacial score (nSPS) is 11.0. The van der Waals surface area contributed by atoms with Crippen molar-refractivity contribution in [2.45, 2.75) is 5.16 Å². The van der Waals surface area contributed by atoms with Crippen molar-refractivity contribution in [1.29, 1.82) is 5.26 Å². The number of ether oxygens (including phenoxy) is 1. The summed E-state index contributed by atoms with van der Waals surface area (Å²) >= 11 is 1.50. The Morgan fingerprint density at radius 2 is 1.69 bits per heavy atom. The summed E-state index contributed by atoms with van der Waals surface area (Å²) in [5.41, 5.74) is 1.96. The van der Waals surface area contributed by atoms with E-state index in [-0.39, 0.29) is 5.56 Å². The highest BCUT2D eigenvalue weighted by molar-refractivity contribution is 7.99. The molecular weight excluding hydrogens is 422 g/mol. The predicted octanol–water partition coefficient (Wildman–Crippen LogP) is 4.08. The van der Waals surface area contributed by atoms with Crippen molar-refractivity contribution in [3.8, 4) is 17.5 Å². The minimum atomic E-state index is -0.132. The Labute approximate surface area is 187 Å². The van der Waals surface area contributed by atoms with Gasteiger partial charge in [0.05, 0.1) is 34.8 Å². The number of fused-ring (bicyclic) bond motifs is 3. The van der Waals surface area contributed by atoms with Gasteiger partial charge in [0.1, 0.15) is 5.75 Å². The largest absolute Gasteiger partial charge is 0.493 e. The molecule has 32 heavy (non-hydrogen) atoms. The molecule has 3 aromatic carbocycles. The van der Waals surface area contributed by atoms with Crippen LogP contribution in [0, 0.1) is 11.3 Å². The van der Waals surface area contributed by atoms with Crippen LogP contribution in [0.3, 0.4) is 0 Å². The van der Waals surface area contributed by atoms with Crippen LogP contribution in [-0.4, -0.2) is 31.5 Å². The highest BCUT2D eigenvalue weighted by Crippen LogP contribution is 2.23. The van der Waals surface area contributed by atoms with E-state index in [1.807, 2.05) is 59.0 Å². The number of rotatable bonds is 6. The fourth-order valence-corrected chi connectivity index (χ4v) is 4.26. The molecule has 0 aliphatic heterocycles. The molecule has 0 fully saturated rings. The SMILES string of the molecule is N#Cc1ccc(OCCSc2nnc3n(-c4ccccc4)c(=O)c4ccccc4n23)cc1. The van der Waals surface area contributed by atoms with E-state index in [0.29, 0.717) is 40.0 Å². The number of nitriles is 1. The molecule has 156 valence electrons. The van der Waals surface area contributed by atoms with Gasteiger partial charge in [0, 0.05) is 5.75 Å². The molecule has 0 bridgehead atoms. The Kier molecular flexibility index (Phi) is 5.32. The minimum absolute atomic E-state index is 0.132. The maximum absolute atomic E-state index is 13.3. The smallest absolute Gasteiger partial charge is 0.267 e. The fourth-order valence-electron chi connectivity index (χ4n) is 3.50. The van der Waals surface area contributed by atoms with E-state index < -0.39 is 0 Å². The first-order valence-corrected chi connectivity index (χ1v) is 10.9. The Hall–Kier alpha value is -4.09. The number of para-hydroxylation sites is 2. The van der Waals surface area contributed by atoms with Gasteiger partial charge < -0.3 is 4.74 Å². The van der Waals surface area contributed by atoms with Gasteiger partial charge in [-0.25, -0.2) is 4.57 Å². The average molecular weight is 440 g/mol. The molecule has 5 aromatic rings. The third-order valence-corrected chi connectivity index (χ3v) is 5.87. The molecule has 0 saturated heterocycles. The highest BCUT2D eigenvalue weighted by atomic mass is 32.2. The Morgan fingerprint density at radius 3 is 2.47 bits per heavy atom. The van der Waals surface area contributed by atoms with Crippen LogP contribution in [0.4, 0.5) is 0 Å². The number of hydrogen-bond acceptors (Lipinski definition) is 6. The molecule has 0 atom stereocenters. The number of benzene rings is 3. The van der Waals surface area contributed by atoms with Gasteiger partial charge in [-0.05, 0) is 48.5 Å². The van der Waals surface area contributed by atoms with Crippen molar-refractivity contribution >= 4 is 28.4 Å². The minimum Gasteiger partial charge on any atom is -0.493 e. The van der Waals surface area contributed by atoms with E-state index in [1.165, 1.54) is 11.8 Å². The summed E-state index contributed by atoms with van der Waals surface area (Å²) < 4.78 is 9.28. The van der Waals surface area contributed by atoms with Gasteiger partial charge in [0.2, 0.25) is 5.78 Å². The molecule has 5 rings (SSSR count). The molecule has 0 radical (unpaired) electrons. The summed E-state index contributed by atoms with van der Waals surface area (Å²) in [4.78, 5) is 13.3. The fraction of sp³-hybridized carbons (Fsp3) is 0.0833. The number of hydrogen-bond donors (Lipinski definition) is 0. The predicted molar refractivity (Wildman–Crippen MR) is 123 cm³/mol. The summed E-state index contributed by atoms with van der Waals surface area (Å²) in [6.45, 7) is 0.460. The Bertz CT molecular complexity index is 1500. The first-order chi connectivity index (χ1) is 15.8. The zero-order valence-electron chi connectivity index (χ0n) is 16.9. The second-order valence-corrected chi connectivity index (χ2v) is 8.01. The second-order valence-electron chi connectivity index (χ2n) is 6.94. The van der Waals surface area contributed by atoms with E-state index in [2.05, 4.69) is 16.3 Å². The molecule has 7 nitrogen and oxygen atoms in total. The zero-order valence-corrected chi connectivity index (χ0v) is 17.7. The van der Waals surface area contributed by atoms with Crippen molar-refractivity contribution in [3.05, 3.63) is 94.8 Å². The van der Waals surface area contributed by atoms with Gasteiger partial charge in [-0.3, -0.25) is 9.20 Å². The summed E-state index contributed by atoms with van der Waals surface area (Å²) in [6.07, 6.45) is 0. The number of aromatic nitrogens is 4. The second kappa shape index (κ2) is 8.57. The van der Waals surface area contributed by atoms with Gasteiger partial charge >= 0.3 is 0 Å². The number of thioether (sulfide) groups is 1. The molecule has 0 saturated carbocycles. The van der Waals surface area contributed by atoms with E-state index in [4.69, 9.17) is 10.00 Å². The Morgan fingerprint density at radius 1 is 0.938 bits per heavy atom. The first kappa shape index (κ1) is 19.8. The lowest BCUT2D eigenvalue weighted by Gasteiger charge is -2.11. The van der Waals surface area contributed by atoms with Gasteiger partial charge in [0.25, 0.3) is 5.56 Å². The van der Waals surface area contributed by atoms with Crippen molar-refractivity contribution in [2.24, 2.45) is 0 Å². The summed E-state index contributed by atoms with van der Waals surface area (Å²) in [5.74, 6) is 1.81.